The number of nitrogens with zero attached hydrogens (tertiary/aromatic N) is 3. The number of rotatable bonds is 2. The number of thiophene rings is 1. The minimum atomic E-state index is 0.682. The third-order valence-electron chi connectivity index (χ3n) is 8.96. The Bertz CT molecular complexity index is 2790. The van der Waals surface area contributed by atoms with Crippen LogP contribution in [0, 0.1) is 0 Å². The van der Waals surface area contributed by atoms with E-state index in [1.54, 1.807) is 0 Å². The highest BCUT2D eigenvalue weighted by Gasteiger charge is 2.23. The topological polar surface area (TPSA) is 30.7 Å². The Hall–Kier alpha value is -5.58. The van der Waals surface area contributed by atoms with Gasteiger partial charge < -0.3 is 0 Å². The van der Waals surface area contributed by atoms with Crippen molar-refractivity contribution in [1.82, 2.24) is 14.5 Å². The molecule has 0 atom stereocenters. The second-order valence-corrected chi connectivity index (χ2v) is 12.4. The number of aromatic nitrogens is 3. The van der Waals surface area contributed by atoms with Crippen LogP contribution in [0.5, 0.6) is 0 Å². The third-order valence-corrected chi connectivity index (χ3v) is 10.2. The van der Waals surface area contributed by atoms with E-state index in [1.165, 1.54) is 52.5 Å². The molecule has 0 unspecified atom stereocenters. The van der Waals surface area contributed by atoms with Crippen molar-refractivity contribution in [2.24, 2.45) is 0 Å². The Morgan fingerprint density at radius 2 is 1.18 bits per heavy atom. The molecule has 0 aliphatic heterocycles. The summed E-state index contributed by atoms with van der Waals surface area (Å²) < 4.78 is 4.93. The lowest BCUT2D eigenvalue weighted by Gasteiger charge is -2.13. The number of para-hydroxylation sites is 2. The zero-order valence-corrected chi connectivity index (χ0v) is 24.3. The lowest BCUT2D eigenvalue weighted by molar-refractivity contribution is 1.02. The molecule has 3 nitrogen and oxygen atoms in total. The molecule has 0 radical (unpaired) electrons. The Kier molecular flexibility index (Phi) is 4.87. The molecule has 4 heteroatoms. The highest BCUT2D eigenvalue weighted by atomic mass is 32.1. The maximum absolute atomic E-state index is 5.41. The van der Waals surface area contributed by atoms with Crippen LogP contribution < -0.4 is 0 Å². The summed E-state index contributed by atoms with van der Waals surface area (Å²) in [5.41, 5.74) is 5.21. The van der Waals surface area contributed by atoms with Crippen LogP contribution in [0.25, 0.3) is 91.6 Å². The molecule has 0 saturated heterocycles. The first-order valence-corrected chi connectivity index (χ1v) is 15.7. The van der Waals surface area contributed by atoms with E-state index >= 15 is 0 Å². The predicted molar refractivity (Wildman–Crippen MR) is 187 cm³/mol. The molecular weight excluding hydrogens is 555 g/mol. The van der Waals surface area contributed by atoms with E-state index in [-0.39, 0.29) is 0 Å². The van der Waals surface area contributed by atoms with Crippen molar-refractivity contribution >= 4 is 85.8 Å². The quantitative estimate of drug-likeness (QED) is 0.205. The van der Waals surface area contributed by atoms with Gasteiger partial charge in [0.25, 0.3) is 0 Å². The number of fused-ring (bicyclic) bond motifs is 12. The van der Waals surface area contributed by atoms with Crippen LogP contribution in [0.15, 0.2) is 140 Å². The number of hydrogen-bond donors (Lipinski definition) is 0. The van der Waals surface area contributed by atoms with E-state index in [0.29, 0.717) is 5.95 Å². The number of benzene rings is 7. The van der Waals surface area contributed by atoms with Crippen molar-refractivity contribution in [1.29, 1.82) is 0 Å². The summed E-state index contributed by atoms with van der Waals surface area (Å²) in [4.78, 5) is 10.7. The van der Waals surface area contributed by atoms with Crippen LogP contribution in [-0.2, 0) is 0 Å². The molecular formula is C40H23N3S. The summed E-state index contributed by atoms with van der Waals surface area (Å²) in [7, 11) is 0. The normalized spacial score (nSPS) is 12.1. The van der Waals surface area contributed by atoms with Crippen molar-refractivity contribution in [3.63, 3.8) is 0 Å². The maximum Gasteiger partial charge on any atom is 0.235 e. The first-order chi connectivity index (χ1) is 21.8. The Morgan fingerprint density at radius 1 is 0.500 bits per heavy atom. The lowest BCUT2D eigenvalue weighted by Crippen LogP contribution is -2.03. The largest absolute Gasteiger partial charge is 0.277 e. The van der Waals surface area contributed by atoms with E-state index < -0.39 is 0 Å². The summed E-state index contributed by atoms with van der Waals surface area (Å²) in [5.74, 6) is 0.682. The van der Waals surface area contributed by atoms with Gasteiger partial charge in [-0.2, -0.15) is 0 Å². The first-order valence-electron chi connectivity index (χ1n) is 14.8. The summed E-state index contributed by atoms with van der Waals surface area (Å²) in [6.45, 7) is 0. The maximum atomic E-state index is 5.41. The predicted octanol–water partition coefficient (Wildman–Crippen LogP) is 11.1. The third kappa shape index (κ3) is 3.26. The second-order valence-electron chi connectivity index (χ2n) is 11.4. The van der Waals surface area contributed by atoms with Gasteiger partial charge in [0.15, 0.2) is 0 Å². The van der Waals surface area contributed by atoms with E-state index in [2.05, 4.69) is 144 Å². The summed E-state index contributed by atoms with van der Waals surface area (Å²) in [6, 6.07) is 49.8. The fraction of sp³-hybridized carbons (Fsp3) is 0. The molecule has 0 N–H and O–H groups in total. The van der Waals surface area contributed by atoms with Crippen molar-refractivity contribution in [2.45, 2.75) is 0 Å². The van der Waals surface area contributed by atoms with Crippen LogP contribution in [-0.4, -0.2) is 14.5 Å². The van der Waals surface area contributed by atoms with Gasteiger partial charge in [0.05, 0.1) is 22.2 Å². The molecule has 0 amide bonds. The Labute approximate surface area is 256 Å². The smallest absolute Gasteiger partial charge is 0.235 e. The van der Waals surface area contributed by atoms with Crippen LogP contribution >= 0.6 is 11.3 Å². The van der Waals surface area contributed by atoms with Crippen LogP contribution in [0.4, 0.5) is 0 Å². The standard InChI is InChI=1S/C40H23N3S/c1-2-12-25-23-26(22-21-24(25)11-1)37-29-15-5-8-18-32(29)41-40(42-37)43-33-19-9-6-16-30(33)35-36-31-17-7-10-20-34(31)44-39(36)28-14-4-3-13-27(28)38(35)43/h1-23H. The molecule has 0 aliphatic carbocycles. The average molecular weight is 578 g/mol. The van der Waals surface area contributed by atoms with Gasteiger partial charge in [0, 0.05) is 52.7 Å². The van der Waals surface area contributed by atoms with Crippen molar-refractivity contribution in [2.75, 3.05) is 0 Å². The number of hydrogen-bond acceptors (Lipinski definition) is 3. The zero-order valence-electron chi connectivity index (χ0n) is 23.5. The van der Waals surface area contributed by atoms with Crippen molar-refractivity contribution < 1.29 is 0 Å². The minimum Gasteiger partial charge on any atom is -0.277 e. The van der Waals surface area contributed by atoms with Crippen LogP contribution in [0.1, 0.15) is 0 Å². The van der Waals surface area contributed by atoms with E-state index in [9.17, 15) is 0 Å². The minimum absolute atomic E-state index is 0.682. The first kappa shape index (κ1) is 23.9. The van der Waals surface area contributed by atoms with Gasteiger partial charge in [-0.25, -0.2) is 9.97 Å². The highest BCUT2D eigenvalue weighted by molar-refractivity contribution is 7.27. The van der Waals surface area contributed by atoms with Crippen molar-refractivity contribution in [3.8, 4) is 17.2 Å². The van der Waals surface area contributed by atoms with E-state index in [4.69, 9.17) is 9.97 Å². The highest BCUT2D eigenvalue weighted by Crippen LogP contribution is 2.47. The Morgan fingerprint density at radius 3 is 2.07 bits per heavy atom. The van der Waals surface area contributed by atoms with Gasteiger partial charge >= 0.3 is 0 Å². The van der Waals surface area contributed by atoms with Gasteiger partial charge in [0.2, 0.25) is 5.95 Å². The molecule has 10 aromatic rings. The van der Waals surface area contributed by atoms with E-state index in [1.807, 2.05) is 11.3 Å². The molecule has 0 saturated carbocycles. The fourth-order valence-electron chi connectivity index (χ4n) is 7.05. The summed E-state index contributed by atoms with van der Waals surface area (Å²) in [6.07, 6.45) is 0. The molecule has 204 valence electrons. The molecule has 0 fully saturated rings. The van der Waals surface area contributed by atoms with E-state index in [0.717, 1.165) is 33.2 Å². The van der Waals surface area contributed by atoms with Crippen LogP contribution in [0.2, 0.25) is 0 Å². The van der Waals surface area contributed by atoms with Gasteiger partial charge in [-0.15, -0.1) is 11.3 Å². The molecule has 3 heterocycles. The Balaban J connectivity index is 1.40. The molecule has 7 aromatic carbocycles. The molecule has 0 aliphatic rings. The fourth-order valence-corrected chi connectivity index (χ4v) is 8.30. The van der Waals surface area contributed by atoms with Gasteiger partial charge in [-0.05, 0) is 35.0 Å². The molecule has 0 bridgehead atoms. The summed E-state index contributed by atoms with van der Waals surface area (Å²) in [5, 5.41) is 11.0. The molecule has 0 spiro atoms. The van der Waals surface area contributed by atoms with Crippen molar-refractivity contribution in [3.05, 3.63) is 140 Å². The molecule has 44 heavy (non-hydrogen) atoms. The monoisotopic (exact) mass is 577 g/mol. The SMILES string of the molecule is c1ccc2cc(-c3nc(-n4c5ccccc5c5c6c7ccccc7sc6c6ccccc6c54)nc4ccccc34)ccc2c1. The van der Waals surface area contributed by atoms with Gasteiger partial charge in [-0.3, -0.25) is 4.57 Å². The summed E-state index contributed by atoms with van der Waals surface area (Å²) >= 11 is 1.88. The average Bonchev–Trinajstić information content (AvgIpc) is 3.64. The van der Waals surface area contributed by atoms with Gasteiger partial charge in [-0.1, -0.05) is 115 Å². The second kappa shape index (κ2) is 8.96. The molecule has 3 aromatic heterocycles. The van der Waals surface area contributed by atoms with Gasteiger partial charge in [0.1, 0.15) is 0 Å². The van der Waals surface area contributed by atoms with Crippen LogP contribution in [0.3, 0.4) is 0 Å². The lowest BCUT2D eigenvalue weighted by atomic mass is 10.00. The zero-order chi connectivity index (χ0) is 28.8. The molecule has 10 rings (SSSR count).